The maximum absolute atomic E-state index is 12.4. The van der Waals surface area contributed by atoms with Crippen LogP contribution in [0.4, 0.5) is 5.69 Å². The van der Waals surface area contributed by atoms with Crippen LogP contribution in [0.3, 0.4) is 0 Å². The van der Waals surface area contributed by atoms with Crippen LogP contribution in [0.5, 0.6) is 5.75 Å². The molecule has 5 nitrogen and oxygen atoms in total. The van der Waals surface area contributed by atoms with Crippen LogP contribution in [0.2, 0.25) is 0 Å². The predicted octanol–water partition coefficient (Wildman–Crippen LogP) is 6.79. The third-order valence-electron chi connectivity index (χ3n) is 5.61. The molecule has 0 saturated heterocycles. The molecule has 33 heavy (non-hydrogen) atoms. The highest BCUT2D eigenvalue weighted by molar-refractivity contribution is 5.97. The highest BCUT2D eigenvalue weighted by Gasteiger charge is 2.12. The minimum Gasteiger partial charge on any atom is -0.484 e. The summed E-state index contributed by atoms with van der Waals surface area (Å²) in [6, 6.07) is 27.4. The second-order valence-corrected chi connectivity index (χ2v) is 8.29. The Hall–Kier alpha value is -4.12. The molecule has 0 saturated carbocycles. The van der Waals surface area contributed by atoms with Crippen LogP contribution in [0.1, 0.15) is 25.3 Å². The van der Waals surface area contributed by atoms with Gasteiger partial charge in [-0.05, 0) is 58.7 Å². The lowest BCUT2D eigenvalue weighted by Gasteiger charge is -2.09. The first-order chi connectivity index (χ1) is 16.1. The van der Waals surface area contributed by atoms with Gasteiger partial charge in [0.05, 0.1) is 0 Å². The summed E-state index contributed by atoms with van der Waals surface area (Å²) in [6.07, 6.45) is 0. The summed E-state index contributed by atoms with van der Waals surface area (Å²) in [5.74, 6) is 1.44. The average Bonchev–Trinajstić information content (AvgIpc) is 3.26. The second kappa shape index (κ2) is 8.79. The number of aromatic nitrogens is 1. The van der Waals surface area contributed by atoms with Gasteiger partial charge in [0.1, 0.15) is 11.3 Å². The Balaban J connectivity index is 1.30. The Bertz CT molecular complexity index is 1430. The SMILES string of the molecule is CC(C)c1ccc(OCC(=O)Nc2ccc3oc(-c4cccc5ccccc45)nc3c2)cc1. The van der Waals surface area contributed by atoms with Gasteiger partial charge < -0.3 is 14.5 Å². The van der Waals surface area contributed by atoms with Crippen molar-refractivity contribution in [3.63, 3.8) is 0 Å². The molecule has 1 heterocycles. The number of oxazole rings is 1. The van der Waals surface area contributed by atoms with Crippen LogP contribution in [-0.4, -0.2) is 17.5 Å². The lowest BCUT2D eigenvalue weighted by molar-refractivity contribution is -0.118. The minimum absolute atomic E-state index is 0.0703. The number of benzene rings is 4. The number of amides is 1. The average molecular weight is 437 g/mol. The Morgan fingerprint density at radius 3 is 2.58 bits per heavy atom. The first kappa shape index (κ1) is 20.8. The Labute approximate surface area is 192 Å². The first-order valence-electron chi connectivity index (χ1n) is 11.0. The van der Waals surface area contributed by atoms with E-state index in [1.807, 2.05) is 60.7 Å². The summed E-state index contributed by atoms with van der Waals surface area (Å²) >= 11 is 0. The van der Waals surface area contributed by atoms with E-state index >= 15 is 0 Å². The molecule has 1 aromatic heterocycles. The molecule has 1 amide bonds. The predicted molar refractivity (Wildman–Crippen MR) is 132 cm³/mol. The third-order valence-corrected chi connectivity index (χ3v) is 5.61. The summed E-state index contributed by atoms with van der Waals surface area (Å²) < 4.78 is 11.6. The summed E-state index contributed by atoms with van der Waals surface area (Å²) in [4.78, 5) is 17.1. The zero-order valence-electron chi connectivity index (χ0n) is 18.5. The molecule has 0 spiro atoms. The van der Waals surface area contributed by atoms with Gasteiger partial charge in [-0.2, -0.15) is 0 Å². The van der Waals surface area contributed by atoms with Crippen LogP contribution in [0.25, 0.3) is 33.3 Å². The van der Waals surface area contributed by atoms with Gasteiger partial charge >= 0.3 is 0 Å². The van der Waals surface area contributed by atoms with E-state index in [1.165, 1.54) is 5.56 Å². The molecule has 0 fully saturated rings. The summed E-state index contributed by atoms with van der Waals surface area (Å²) in [5.41, 5.74) is 4.16. The van der Waals surface area contributed by atoms with Crippen LogP contribution in [0, 0.1) is 0 Å². The van der Waals surface area contributed by atoms with Gasteiger partial charge in [0.15, 0.2) is 12.2 Å². The number of fused-ring (bicyclic) bond motifs is 2. The van der Waals surface area contributed by atoms with E-state index in [-0.39, 0.29) is 12.5 Å². The summed E-state index contributed by atoms with van der Waals surface area (Å²) in [6.45, 7) is 4.21. The third kappa shape index (κ3) is 4.44. The number of anilines is 1. The Kier molecular flexibility index (Phi) is 5.53. The van der Waals surface area contributed by atoms with Crippen molar-refractivity contribution in [2.45, 2.75) is 19.8 Å². The van der Waals surface area contributed by atoms with Gasteiger partial charge in [-0.3, -0.25) is 4.79 Å². The number of nitrogens with zero attached hydrogens (tertiary/aromatic N) is 1. The van der Waals surface area contributed by atoms with Crippen molar-refractivity contribution in [3.05, 3.63) is 90.5 Å². The number of nitrogens with one attached hydrogen (secondary N) is 1. The van der Waals surface area contributed by atoms with E-state index in [0.29, 0.717) is 34.3 Å². The maximum atomic E-state index is 12.4. The smallest absolute Gasteiger partial charge is 0.262 e. The Morgan fingerprint density at radius 2 is 1.76 bits per heavy atom. The minimum atomic E-state index is -0.236. The normalized spacial score (nSPS) is 11.2. The maximum Gasteiger partial charge on any atom is 0.262 e. The molecule has 164 valence electrons. The number of hydrogen-bond donors (Lipinski definition) is 1. The fourth-order valence-electron chi connectivity index (χ4n) is 3.83. The van der Waals surface area contributed by atoms with Gasteiger partial charge in [0, 0.05) is 11.3 Å². The zero-order valence-corrected chi connectivity index (χ0v) is 18.5. The van der Waals surface area contributed by atoms with E-state index < -0.39 is 0 Å². The number of carbonyl (C=O) groups is 1. The number of hydrogen-bond acceptors (Lipinski definition) is 4. The topological polar surface area (TPSA) is 64.4 Å². The molecule has 0 unspecified atom stereocenters. The van der Waals surface area contributed by atoms with Gasteiger partial charge in [-0.15, -0.1) is 0 Å². The van der Waals surface area contributed by atoms with Crippen molar-refractivity contribution in [2.75, 3.05) is 11.9 Å². The van der Waals surface area contributed by atoms with E-state index in [0.717, 1.165) is 16.3 Å². The molecule has 4 aromatic carbocycles. The summed E-state index contributed by atoms with van der Waals surface area (Å²) in [5, 5.41) is 5.08. The van der Waals surface area contributed by atoms with Crippen LogP contribution in [0.15, 0.2) is 89.3 Å². The largest absolute Gasteiger partial charge is 0.484 e. The Morgan fingerprint density at radius 1 is 0.970 bits per heavy atom. The monoisotopic (exact) mass is 436 g/mol. The van der Waals surface area contributed by atoms with Crippen molar-refractivity contribution in [1.29, 1.82) is 0 Å². The molecule has 0 aliphatic heterocycles. The molecule has 0 bridgehead atoms. The lowest BCUT2D eigenvalue weighted by atomic mass is 10.0. The molecule has 1 N–H and O–H groups in total. The quantitative estimate of drug-likeness (QED) is 0.318. The number of rotatable bonds is 6. The van der Waals surface area contributed by atoms with E-state index in [1.54, 1.807) is 6.07 Å². The van der Waals surface area contributed by atoms with Crippen LogP contribution >= 0.6 is 0 Å². The van der Waals surface area contributed by atoms with Crippen molar-refractivity contribution in [2.24, 2.45) is 0 Å². The first-order valence-corrected chi connectivity index (χ1v) is 11.0. The van der Waals surface area contributed by atoms with Crippen molar-refractivity contribution in [3.8, 4) is 17.2 Å². The molecule has 5 aromatic rings. The molecule has 5 rings (SSSR count). The van der Waals surface area contributed by atoms with E-state index in [2.05, 4.69) is 42.3 Å². The van der Waals surface area contributed by atoms with Gasteiger partial charge in [0.2, 0.25) is 5.89 Å². The lowest BCUT2D eigenvalue weighted by Crippen LogP contribution is -2.20. The standard InChI is InChI=1S/C28H24N2O3/c1-18(2)19-10-13-22(14-11-19)32-17-27(31)29-21-12-15-26-25(16-21)30-28(33-26)24-9-5-7-20-6-3-4-8-23(20)24/h3-16,18H,17H2,1-2H3,(H,29,31). The van der Waals surface area contributed by atoms with Crippen LogP contribution in [-0.2, 0) is 4.79 Å². The molecular formula is C28H24N2O3. The highest BCUT2D eigenvalue weighted by atomic mass is 16.5. The second-order valence-electron chi connectivity index (χ2n) is 8.29. The molecular weight excluding hydrogens is 412 g/mol. The zero-order chi connectivity index (χ0) is 22.8. The van der Waals surface area contributed by atoms with Crippen molar-refractivity contribution >= 4 is 33.5 Å². The van der Waals surface area contributed by atoms with Crippen LogP contribution < -0.4 is 10.1 Å². The molecule has 0 atom stereocenters. The fraction of sp³-hybridized carbons (Fsp3) is 0.143. The van der Waals surface area contributed by atoms with Gasteiger partial charge in [-0.25, -0.2) is 4.98 Å². The molecule has 0 aliphatic rings. The number of ether oxygens (including phenoxy) is 1. The van der Waals surface area contributed by atoms with E-state index in [9.17, 15) is 4.79 Å². The highest BCUT2D eigenvalue weighted by Crippen LogP contribution is 2.31. The molecule has 0 radical (unpaired) electrons. The molecule has 5 heteroatoms. The number of carbonyl (C=O) groups excluding carboxylic acids is 1. The van der Waals surface area contributed by atoms with Crippen molar-refractivity contribution < 1.29 is 13.9 Å². The van der Waals surface area contributed by atoms with Gasteiger partial charge in [-0.1, -0.05) is 62.4 Å². The fourth-order valence-corrected chi connectivity index (χ4v) is 3.83. The molecule has 0 aliphatic carbocycles. The van der Waals surface area contributed by atoms with Gasteiger partial charge in [0.25, 0.3) is 5.91 Å². The van der Waals surface area contributed by atoms with E-state index in [4.69, 9.17) is 9.15 Å². The summed E-state index contributed by atoms with van der Waals surface area (Å²) in [7, 11) is 0. The van der Waals surface area contributed by atoms with Crippen molar-refractivity contribution in [1.82, 2.24) is 4.98 Å².